The number of hydrogen-bond acceptors (Lipinski definition) is 6. The van der Waals surface area contributed by atoms with Crippen LogP contribution in [0, 0.1) is 10.1 Å². The highest BCUT2D eigenvalue weighted by Gasteiger charge is 2.25. The van der Waals surface area contributed by atoms with E-state index in [0.29, 0.717) is 41.7 Å². The second-order valence-corrected chi connectivity index (χ2v) is 8.51. The molecule has 3 aromatic rings. The topological polar surface area (TPSA) is 79.6 Å². The number of nitro groups is 1. The van der Waals surface area contributed by atoms with E-state index in [9.17, 15) is 14.9 Å². The summed E-state index contributed by atoms with van der Waals surface area (Å²) in [4.78, 5) is 33.7. The number of amides is 1. The van der Waals surface area contributed by atoms with Gasteiger partial charge in [-0.05, 0) is 48.5 Å². The van der Waals surface area contributed by atoms with Crippen LogP contribution < -0.4 is 4.90 Å². The highest BCUT2D eigenvalue weighted by molar-refractivity contribution is 7.99. The summed E-state index contributed by atoms with van der Waals surface area (Å²) in [5.74, 6) is 0.681. The van der Waals surface area contributed by atoms with E-state index in [1.54, 1.807) is 47.5 Å². The largest absolute Gasteiger partial charge is 0.353 e. The van der Waals surface area contributed by atoms with E-state index in [0.717, 1.165) is 10.7 Å². The molecule has 2 aromatic carbocycles. The minimum atomic E-state index is -0.450. The molecule has 0 spiro atoms. The summed E-state index contributed by atoms with van der Waals surface area (Å²) in [5, 5.41) is 12.2. The molecule has 7 nitrogen and oxygen atoms in total. The Morgan fingerprint density at radius 1 is 1.03 bits per heavy atom. The smallest absolute Gasteiger partial charge is 0.284 e. The third-order valence-electron chi connectivity index (χ3n) is 4.98. The summed E-state index contributed by atoms with van der Waals surface area (Å²) in [6.07, 6.45) is 1.75. The number of halogens is 1. The molecule has 0 bridgehead atoms. The monoisotopic (exact) mass is 454 g/mol. The van der Waals surface area contributed by atoms with Gasteiger partial charge in [0.15, 0.2) is 0 Å². The highest BCUT2D eigenvalue weighted by Crippen LogP contribution is 2.36. The number of pyridine rings is 1. The Morgan fingerprint density at radius 2 is 1.77 bits per heavy atom. The zero-order valence-corrected chi connectivity index (χ0v) is 18.1. The third-order valence-corrected chi connectivity index (χ3v) is 6.31. The molecule has 0 N–H and O–H groups in total. The standard InChI is InChI=1S/C22H19ClN4O3S/c23-17-5-7-18(8-6-17)31-20-9-4-16(15-19(20)27(29)30)22(28)26-13-11-25(12-14-26)21-3-1-2-10-24-21/h1-10,15H,11-14H2. The Kier molecular flexibility index (Phi) is 6.39. The van der Waals surface area contributed by atoms with Gasteiger partial charge in [0.2, 0.25) is 0 Å². The molecule has 1 saturated heterocycles. The Balaban J connectivity index is 1.48. The molecule has 1 aliphatic heterocycles. The zero-order valence-electron chi connectivity index (χ0n) is 16.5. The van der Waals surface area contributed by atoms with Gasteiger partial charge in [0.1, 0.15) is 5.82 Å². The predicted octanol–water partition coefficient (Wildman–Crippen LogP) is 4.76. The fourth-order valence-electron chi connectivity index (χ4n) is 3.37. The van der Waals surface area contributed by atoms with Crippen LogP contribution in [0.5, 0.6) is 0 Å². The van der Waals surface area contributed by atoms with Gasteiger partial charge in [-0.15, -0.1) is 0 Å². The highest BCUT2D eigenvalue weighted by atomic mass is 35.5. The van der Waals surface area contributed by atoms with Gasteiger partial charge in [0, 0.05) is 53.9 Å². The number of benzene rings is 2. The van der Waals surface area contributed by atoms with Gasteiger partial charge >= 0.3 is 0 Å². The minimum absolute atomic E-state index is 0.0853. The van der Waals surface area contributed by atoms with Gasteiger partial charge in [-0.3, -0.25) is 14.9 Å². The number of piperazine rings is 1. The molecule has 1 aliphatic rings. The zero-order chi connectivity index (χ0) is 21.8. The first kappa shape index (κ1) is 21.1. The fourth-order valence-corrected chi connectivity index (χ4v) is 4.40. The molecular weight excluding hydrogens is 436 g/mol. The van der Waals surface area contributed by atoms with Crippen LogP contribution in [0.4, 0.5) is 11.5 Å². The van der Waals surface area contributed by atoms with Gasteiger partial charge in [0.05, 0.1) is 9.82 Å². The Hall–Kier alpha value is -3.10. The van der Waals surface area contributed by atoms with E-state index >= 15 is 0 Å². The van der Waals surface area contributed by atoms with E-state index in [-0.39, 0.29) is 11.6 Å². The lowest BCUT2D eigenvalue weighted by molar-refractivity contribution is -0.387. The van der Waals surface area contributed by atoms with Crippen molar-refractivity contribution in [2.24, 2.45) is 0 Å². The minimum Gasteiger partial charge on any atom is -0.353 e. The molecule has 4 rings (SSSR count). The number of hydrogen-bond donors (Lipinski definition) is 0. The molecule has 9 heteroatoms. The van der Waals surface area contributed by atoms with Crippen LogP contribution in [0.2, 0.25) is 5.02 Å². The summed E-state index contributed by atoms with van der Waals surface area (Å²) in [6.45, 7) is 2.39. The second-order valence-electron chi connectivity index (χ2n) is 6.96. The summed E-state index contributed by atoms with van der Waals surface area (Å²) >= 11 is 7.17. The van der Waals surface area contributed by atoms with Crippen LogP contribution in [-0.4, -0.2) is 46.9 Å². The summed E-state index contributed by atoms with van der Waals surface area (Å²) < 4.78 is 0. The molecule has 0 aliphatic carbocycles. The number of nitrogens with zero attached hydrogens (tertiary/aromatic N) is 4. The molecule has 0 unspecified atom stereocenters. The second kappa shape index (κ2) is 9.36. The SMILES string of the molecule is O=C(c1ccc(Sc2ccc(Cl)cc2)c([N+](=O)[O-])c1)N1CCN(c2ccccn2)CC1. The molecule has 1 amide bonds. The van der Waals surface area contributed by atoms with Gasteiger partial charge in [-0.1, -0.05) is 29.4 Å². The lowest BCUT2D eigenvalue weighted by atomic mass is 10.1. The van der Waals surface area contributed by atoms with E-state index in [1.165, 1.54) is 17.8 Å². The predicted molar refractivity (Wildman–Crippen MR) is 121 cm³/mol. The fraction of sp³-hybridized carbons (Fsp3) is 0.182. The number of carbonyl (C=O) groups is 1. The average Bonchev–Trinajstić information content (AvgIpc) is 2.81. The van der Waals surface area contributed by atoms with Crippen molar-refractivity contribution in [1.82, 2.24) is 9.88 Å². The maximum absolute atomic E-state index is 13.0. The number of carbonyl (C=O) groups excluding carboxylic acids is 1. The van der Waals surface area contributed by atoms with E-state index in [4.69, 9.17) is 11.6 Å². The normalized spacial score (nSPS) is 13.8. The Morgan fingerprint density at radius 3 is 2.42 bits per heavy atom. The van der Waals surface area contributed by atoms with E-state index in [2.05, 4.69) is 9.88 Å². The van der Waals surface area contributed by atoms with Crippen molar-refractivity contribution in [3.05, 3.63) is 87.6 Å². The summed E-state index contributed by atoms with van der Waals surface area (Å²) in [5.41, 5.74) is 0.233. The summed E-state index contributed by atoms with van der Waals surface area (Å²) in [7, 11) is 0. The molecule has 0 saturated carbocycles. The molecule has 158 valence electrons. The molecule has 1 fully saturated rings. The van der Waals surface area contributed by atoms with Crippen LogP contribution in [0.15, 0.2) is 76.7 Å². The Bertz CT molecular complexity index is 1090. The lowest BCUT2D eigenvalue weighted by Gasteiger charge is -2.35. The van der Waals surface area contributed by atoms with Crippen molar-refractivity contribution in [3.8, 4) is 0 Å². The van der Waals surface area contributed by atoms with Gasteiger partial charge in [-0.2, -0.15) is 0 Å². The van der Waals surface area contributed by atoms with Crippen molar-refractivity contribution in [2.75, 3.05) is 31.1 Å². The van der Waals surface area contributed by atoms with Crippen molar-refractivity contribution >= 4 is 40.8 Å². The van der Waals surface area contributed by atoms with Crippen LogP contribution in [0.3, 0.4) is 0 Å². The Labute approximate surface area is 188 Å². The van der Waals surface area contributed by atoms with Gasteiger partial charge < -0.3 is 9.80 Å². The lowest BCUT2D eigenvalue weighted by Crippen LogP contribution is -2.49. The van der Waals surface area contributed by atoms with E-state index in [1.807, 2.05) is 18.2 Å². The first-order chi connectivity index (χ1) is 15.0. The first-order valence-corrected chi connectivity index (χ1v) is 10.9. The maximum atomic E-state index is 13.0. The molecule has 0 atom stereocenters. The molecule has 0 radical (unpaired) electrons. The van der Waals surface area contributed by atoms with Crippen LogP contribution in [0.25, 0.3) is 0 Å². The van der Waals surface area contributed by atoms with Gasteiger partial charge in [0.25, 0.3) is 11.6 Å². The molecule has 1 aromatic heterocycles. The number of anilines is 1. The molecule has 31 heavy (non-hydrogen) atoms. The summed E-state index contributed by atoms with van der Waals surface area (Å²) in [6, 6.07) is 17.5. The van der Waals surface area contributed by atoms with Crippen molar-refractivity contribution in [2.45, 2.75) is 9.79 Å². The van der Waals surface area contributed by atoms with Crippen molar-refractivity contribution in [3.63, 3.8) is 0 Å². The maximum Gasteiger partial charge on any atom is 0.284 e. The van der Waals surface area contributed by atoms with Crippen LogP contribution in [-0.2, 0) is 0 Å². The molecular formula is C22H19ClN4O3S. The van der Waals surface area contributed by atoms with Crippen molar-refractivity contribution < 1.29 is 9.72 Å². The van der Waals surface area contributed by atoms with E-state index < -0.39 is 4.92 Å². The van der Waals surface area contributed by atoms with Gasteiger partial charge in [-0.25, -0.2) is 4.98 Å². The van der Waals surface area contributed by atoms with Crippen molar-refractivity contribution in [1.29, 1.82) is 0 Å². The quantitative estimate of drug-likeness (QED) is 0.408. The number of rotatable bonds is 5. The number of aromatic nitrogens is 1. The first-order valence-electron chi connectivity index (χ1n) is 9.68. The van der Waals surface area contributed by atoms with Crippen LogP contribution in [0.1, 0.15) is 10.4 Å². The third kappa shape index (κ3) is 4.98. The molecule has 2 heterocycles. The number of nitro benzene ring substituents is 1. The average molecular weight is 455 g/mol. The van der Waals surface area contributed by atoms with Crippen LogP contribution >= 0.6 is 23.4 Å².